The van der Waals surface area contributed by atoms with Crippen molar-refractivity contribution >= 4 is 17.7 Å². The molecule has 9 nitrogen and oxygen atoms in total. The Kier molecular flexibility index (Phi) is 8.86. The molecule has 0 radical (unpaired) electrons. The molecular weight excluding hydrogens is 542 g/mol. The summed E-state index contributed by atoms with van der Waals surface area (Å²) in [5.74, 6) is -1.15. The summed E-state index contributed by atoms with van der Waals surface area (Å²) >= 11 is 0. The highest BCUT2D eigenvalue weighted by atomic mass is 19.1. The van der Waals surface area contributed by atoms with Crippen LogP contribution in [0.1, 0.15) is 53.9 Å². The average Bonchev–Trinajstić information content (AvgIpc) is 3.79. The Morgan fingerprint density at radius 1 is 1.02 bits per heavy atom. The average molecular weight is 577 g/mol. The maximum atomic E-state index is 14.7. The summed E-state index contributed by atoms with van der Waals surface area (Å²) in [4.78, 5) is 48.1. The molecule has 0 unspecified atom stereocenters. The van der Waals surface area contributed by atoms with E-state index in [2.05, 4.69) is 20.6 Å². The Bertz CT molecular complexity index is 1400. The third kappa shape index (κ3) is 6.96. The van der Waals surface area contributed by atoms with E-state index in [1.807, 2.05) is 0 Å². The molecule has 3 aromatic rings. The zero-order valence-corrected chi connectivity index (χ0v) is 23.1. The summed E-state index contributed by atoms with van der Waals surface area (Å²) in [5.41, 5.74) is 5.30. The van der Waals surface area contributed by atoms with Crippen molar-refractivity contribution in [3.63, 3.8) is 0 Å². The van der Waals surface area contributed by atoms with Crippen molar-refractivity contribution in [1.82, 2.24) is 25.5 Å². The number of piperidine rings is 1. The number of carbonyl (C=O) groups is 3. The second kappa shape index (κ2) is 12.7. The number of aromatic nitrogens is 2. The van der Waals surface area contributed by atoms with Crippen LogP contribution in [0.4, 0.5) is 8.78 Å². The first-order valence-corrected chi connectivity index (χ1v) is 14.2. The maximum Gasteiger partial charge on any atom is 0.255 e. The first-order chi connectivity index (χ1) is 20.2. The van der Waals surface area contributed by atoms with E-state index in [-0.39, 0.29) is 43.7 Å². The van der Waals surface area contributed by atoms with E-state index < -0.39 is 23.5 Å². The van der Waals surface area contributed by atoms with Crippen LogP contribution in [0, 0.1) is 5.82 Å². The first-order valence-electron chi connectivity index (χ1n) is 14.2. The monoisotopic (exact) mass is 576 g/mol. The Morgan fingerprint density at radius 2 is 1.69 bits per heavy atom. The lowest BCUT2D eigenvalue weighted by Crippen LogP contribution is -2.55. The van der Waals surface area contributed by atoms with Gasteiger partial charge in [-0.1, -0.05) is 24.3 Å². The summed E-state index contributed by atoms with van der Waals surface area (Å²) in [5, 5.41) is 6.35. The van der Waals surface area contributed by atoms with Crippen LogP contribution in [0.3, 0.4) is 0 Å². The first kappa shape index (κ1) is 29.2. The van der Waals surface area contributed by atoms with Gasteiger partial charge in [0, 0.05) is 61.4 Å². The van der Waals surface area contributed by atoms with Gasteiger partial charge >= 0.3 is 0 Å². The van der Waals surface area contributed by atoms with Gasteiger partial charge in [0.15, 0.2) is 11.5 Å². The molecule has 2 heterocycles. The summed E-state index contributed by atoms with van der Waals surface area (Å²) in [6.07, 6.45) is 4.85. The number of hydrogen-bond acceptors (Lipinski definition) is 6. The van der Waals surface area contributed by atoms with E-state index in [4.69, 9.17) is 5.73 Å². The van der Waals surface area contributed by atoms with E-state index in [1.54, 1.807) is 54.9 Å². The van der Waals surface area contributed by atoms with Gasteiger partial charge in [0.05, 0.1) is 0 Å². The normalized spacial score (nSPS) is 20.0. The molecule has 2 aliphatic rings. The second-order valence-electron chi connectivity index (χ2n) is 10.9. The fourth-order valence-electron chi connectivity index (χ4n) is 5.36. The quantitative estimate of drug-likeness (QED) is 0.301. The molecule has 1 aliphatic heterocycles. The Hall–Kier alpha value is -4.25. The number of hydrogen-bond donors (Lipinski definition) is 3. The van der Waals surface area contributed by atoms with Crippen LogP contribution in [0.15, 0.2) is 67.0 Å². The lowest BCUT2D eigenvalue weighted by atomic mass is 9.92. The molecule has 2 fully saturated rings. The maximum absolute atomic E-state index is 14.7. The van der Waals surface area contributed by atoms with Gasteiger partial charge in [0.1, 0.15) is 11.9 Å². The van der Waals surface area contributed by atoms with Crippen LogP contribution < -0.4 is 16.4 Å². The summed E-state index contributed by atoms with van der Waals surface area (Å²) in [7, 11) is 0. The second-order valence-corrected chi connectivity index (χ2v) is 10.9. The highest BCUT2D eigenvalue weighted by Gasteiger charge is 2.42. The molecule has 0 bridgehead atoms. The molecule has 5 rings (SSSR count). The minimum Gasteiger partial charge on any atom is -0.367 e. The van der Waals surface area contributed by atoms with Crippen molar-refractivity contribution in [2.75, 3.05) is 19.6 Å². The third-order valence-corrected chi connectivity index (χ3v) is 8.05. The Balaban J connectivity index is 1.19. The zero-order chi connectivity index (χ0) is 29.7. The van der Waals surface area contributed by atoms with Gasteiger partial charge in [0.2, 0.25) is 5.91 Å². The topological polar surface area (TPSA) is 130 Å². The van der Waals surface area contributed by atoms with E-state index in [0.29, 0.717) is 36.7 Å². The van der Waals surface area contributed by atoms with Crippen molar-refractivity contribution in [3.05, 3.63) is 83.9 Å². The number of rotatable bonds is 11. The smallest absolute Gasteiger partial charge is 0.255 e. The molecular formula is C31H34F2N6O3. The van der Waals surface area contributed by atoms with Gasteiger partial charge in [-0.2, -0.15) is 0 Å². The molecule has 1 aromatic heterocycles. The Morgan fingerprint density at radius 3 is 2.33 bits per heavy atom. The lowest BCUT2D eigenvalue weighted by Gasteiger charge is -2.36. The molecule has 3 amide bonds. The predicted octanol–water partition coefficient (Wildman–Crippen LogP) is 3.12. The van der Waals surface area contributed by atoms with Crippen molar-refractivity contribution in [1.29, 1.82) is 0 Å². The van der Waals surface area contributed by atoms with Gasteiger partial charge in [0.25, 0.3) is 11.8 Å². The summed E-state index contributed by atoms with van der Waals surface area (Å²) < 4.78 is 27.9. The van der Waals surface area contributed by atoms with Gasteiger partial charge in [-0.3, -0.25) is 14.4 Å². The van der Waals surface area contributed by atoms with E-state index in [1.165, 1.54) is 17.0 Å². The number of benzene rings is 2. The van der Waals surface area contributed by atoms with E-state index >= 15 is 0 Å². The van der Waals surface area contributed by atoms with Gasteiger partial charge < -0.3 is 21.3 Å². The standard InChI is InChI=1S/C31H34F2N6O3/c32-23-10-8-20(9-11-23)24-19-26(24)35-14-1-3-25(29(41)39-17-12-31(33,13-18-39)30(34)42)38-28(40)22-6-4-21(5-7-22)27-36-15-2-16-37-27/h2,4-11,15-16,24-26,35H,1,3,12-14,17-19H2,(H2,34,42)(H,38,40)/t24-,25-,26+/m0/s1. The minimum absolute atomic E-state index is 0.0378. The predicted molar refractivity (Wildman–Crippen MR) is 152 cm³/mol. The highest BCUT2D eigenvalue weighted by Crippen LogP contribution is 2.40. The molecule has 3 atom stereocenters. The number of amides is 3. The van der Waals surface area contributed by atoms with E-state index in [0.717, 1.165) is 17.5 Å². The highest BCUT2D eigenvalue weighted by molar-refractivity contribution is 5.98. The lowest BCUT2D eigenvalue weighted by molar-refractivity contribution is -0.141. The van der Waals surface area contributed by atoms with Crippen molar-refractivity contribution in [2.24, 2.45) is 5.73 Å². The van der Waals surface area contributed by atoms with Crippen molar-refractivity contribution < 1.29 is 23.2 Å². The summed E-state index contributed by atoms with van der Waals surface area (Å²) in [6.45, 7) is 0.704. The molecule has 11 heteroatoms. The zero-order valence-electron chi connectivity index (χ0n) is 23.1. The molecule has 1 aliphatic carbocycles. The number of nitrogens with zero attached hydrogens (tertiary/aromatic N) is 3. The van der Waals surface area contributed by atoms with Crippen LogP contribution in [-0.2, 0) is 9.59 Å². The molecule has 42 heavy (non-hydrogen) atoms. The van der Waals surface area contributed by atoms with Gasteiger partial charge in [-0.05, 0) is 61.7 Å². The summed E-state index contributed by atoms with van der Waals surface area (Å²) in [6, 6.07) is 14.5. The molecule has 1 saturated carbocycles. The number of primary amides is 1. The number of halogens is 2. The fraction of sp³-hybridized carbons (Fsp3) is 0.387. The van der Waals surface area contributed by atoms with Gasteiger partial charge in [-0.25, -0.2) is 18.7 Å². The van der Waals surface area contributed by atoms with Gasteiger partial charge in [-0.15, -0.1) is 0 Å². The van der Waals surface area contributed by atoms with Crippen LogP contribution in [-0.4, -0.2) is 70.0 Å². The molecule has 220 valence electrons. The number of nitrogens with two attached hydrogens (primary N) is 1. The number of alkyl halides is 1. The molecule has 0 spiro atoms. The van der Waals surface area contributed by atoms with Crippen LogP contribution in [0.25, 0.3) is 11.4 Å². The third-order valence-electron chi connectivity index (χ3n) is 8.05. The molecule has 1 saturated heterocycles. The van der Waals surface area contributed by atoms with E-state index in [9.17, 15) is 23.2 Å². The minimum atomic E-state index is -2.13. The van der Waals surface area contributed by atoms with Crippen molar-refractivity contribution in [2.45, 2.75) is 55.8 Å². The SMILES string of the molecule is NC(=O)C1(F)CCN(C(=O)[C@H](CCCN[C@@H]2C[C@H]2c2ccc(F)cc2)NC(=O)c2ccc(-c3ncccn3)cc2)CC1. The van der Waals surface area contributed by atoms with Crippen LogP contribution >= 0.6 is 0 Å². The number of likely N-dealkylation sites (tertiary alicyclic amines) is 1. The Labute approximate surface area is 242 Å². The van der Waals surface area contributed by atoms with Crippen molar-refractivity contribution in [3.8, 4) is 11.4 Å². The fourth-order valence-corrected chi connectivity index (χ4v) is 5.36. The molecule has 2 aromatic carbocycles. The van der Waals surface area contributed by atoms with Crippen LogP contribution in [0.2, 0.25) is 0 Å². The number of nitrogens with one attached hydrogen (secondary N) is 2. The molecule has 4 N–H and O–H groups in total. The van der Waals surface area contributed by atoms with Crippen LogP contribution in [0.5, 0.6) is 0 Å². The largest absolute Gasteiger partial charge is 0.367 e. The number of carbonyl (C=O) groups excluding carboxylic acids is 3.